The van der Waals surface area contributed by atoms with Gasteiger partial charge in [-0.05, 0) is 32.0 Å². The molecular weight excluding hydrogens is 378 g/mol. The molecule has 2 aromatic rings. The molecule has 1 unspecified atom stereocenters. The van der Waals surface area contributed by atoms with Crippen molar-refractivity contribution in [2.75, 3.05) is 0 Å². The lowest BCUT2D eigenvalue weighted by molar-refractivity contribution is -0.134. The Kier molecular flexibility index (Phi) is 5.61. The number of azo groups is 1. The molecule has 0 aliphatic carbocycles. The van der Waals surface area contributed by atoms with Crippen LogP contribution in [0.25, 0.3) is 11.1 Å². The Balaban J connectivity index is 0.000000471. The van der Waals surface area contributed by atoms with Gasteiger partial charge in [0, 0.05) is 17.0 Å². The highest BCUT2D eigenvalue weighted by Gasteiger charge is 2.26. The zero-order chi connectivity index (χ0) is 17.9. The van der Waals surface area contributed by atoms with Crippen molar-refractivity contribution in [3.63, 3.8) is 0 Å². The molecule has 0 saturated carbocycles. The molecule has 1 aromatic carbocycles. The van der Waals surface area contributed by atoms with Crippen LogP contribution >= 0.6 is 15.9 Å². The quantitative estimate of drug-likeness (QED) is 0.831. The van der Waals surface area contributed by atoms with E-state index in [-0.39, 0.29) is 5.78 Å². The molecular formula is C16H16BrN3O4. The van der Waals surface area contributed by atoms with Gasteiger partial charge in [0.25, 0.3) is 5.97 Å². The van der Waals surface area contributed by atoms with E-state index in [0.29, 0.717) is 29.2 Å². The second kappa shape index (κ2) is 7.48. The topological polar surface area (TPSA) is 105 Å². The van der Waals surface area contributed by atoms with Crippen molar-refractivity contribution in [1.82, 2.24) is 4.98 Å². The first-order valence-corrected chi connectivity index (χ1v) is 7.94. The van der Waals surface area contributed by atoms with Crippen LogP contribution in [0.2, 0.25) is 0 Å². The van der Waals surface area contributed by atoms with Gasteiger partial charge in [0.05, 0.1) is 12.1 Å². The normalized spacial score (nSPS) is 17.0. The summed E-state index contributed by atoms with van der Waals surface area (Å²) in [6.07, 6.45) is 0.333. The molecule has 1 aliphatic rings. The number of allylic oxidation sites excluding steroid dienone is 1. The average molecular weight is 394 g/mol. The second-order valence-corrected chi connectivity index (χ2v) is 6.16. The number of ketones is 1. The first-order valence-electron chi connectivity index (χ1n) is 7.15. The Labute approximate surface area is 146 Å². The molecule has 0 saturated heterocycles. The van der Waals surface area contributed by atoms with E-state index in [0.717, 1.165) is 16.9 Å². The zero-order valence-corrected chi connectivity index (χ0v) is 15.0. The molecule has 0 fully saturated rings. The Morgan fingerprint density at radius 1 is 1.38 bits per heavy atom. The largest absolute Gasteiger partial charge is 0.481 e. The summed E-state index contributed by atoms with van der Waals surface area (Å²) in [4.78, 5) is 25.5. The van der Waals surface area contributed by atoms with Crippen LogP contribution in [0.5, 0.6) is 0 Å². The van der Waals surface area contributed by atoms with Crippen LogP contribution in [-0.2, 0) is 16.0 Å². The van der Waals surface area contributed by atoms with Crippen molar-refractivity contribution < 1.29 is 19.1 Å². The van der Waals surface area contributed by atoms with Gasteiger partial charge in [-0.25, -0.2) is 4.98 Å². The van der Waals surface area contributed by atoms with Crippen LogP contribution in [0.4, 0.5) is 0 Å². The number of aliphatic carboxylic acids is 1. The number of Topliss-reactive ketones (excluding diaryl/α,β-unsaturated/α-hetero) is 1. The number of carboxylic acid groups (broad SMARTS) is 1. The average Bonchev–Trinajstić information content (AvgIpc) is 2.89. The Hall–Kier alpha value is -2.35. The third-order valence-electron chi connectivity index (χ3n) is 3.32. The van der Waals surface area contributed by atoms with Crippen LogP contribution in [-0.4, -0.2) is 27.9 Å². The van der Waals surface area contributed by atoms with E-state index < -0.39 is 12.0 Å². The highest BCUT2D eigenvalue weighted by molar-refractivity contribution is 9.10. The fourth-order valence-corrected chi connectivity index (χ4v) is 2.40. The van der Waals surface area contributed by atoms with Gasteiger partial charge in [0.2, 0.25) is 0 Å². The van der Waals surface area contributed by atoms with Crippen LogP contribution in [0.3, 0.4) is 0 Å². The number of halogens is 1. The van der Waals surface area contributed by atoms with Gasteiger partial charge in [0.1, 0.15) is 11.6 Å². The molecule has 1 N–H and O–H groups in total. The summed E-state index contributed by atoms with van der Waals surface area (Å²) < 4.78 is 6.57. The smallest absolute Gasteiger partial charge is 0.300 e. The van der Waals surface area contributed by atoms with Gasteiger partial charge in [-0.2, -0.15) is 10.2 Å². The summed E-state index contributed by atoms with van der Waals surface area (Å²) in [6.45, 7) is 4.63. The molecule has 0 amide bonds. The number of aromatic nitrogens is 1. The maximum atomic E-state index is 12.1. The molecule has 7 nitrogen and oxygen atoms in total. The van der Waals surface area contributed by atoms with E-state index in [1.807, 2.05) is 18.2 Å². The number of fused-ring (bicyclic) bond motifs is 1. The maximum absolute atomic E-state index is 12.1. The van der Waals surface area contributed by atoms with E-state index >= 15 is 0 Å². The molecule has 0 spiro atoms. The number of hydrogen-bond donors (Lipinski definition) is 1. The monoisotopic (exact) mass is 393 g/mol. The maximum Gasteiger partial charge on any atom is 0.300 e. The molecule has 0 bridgehead atoms. The molecule has 3 rings (SSSR count). The number of benzene rings is 1. The minimum atomic E-state index is -0.833. The number of nitrogens with zero attached hydrogens (tertiary/aromatic N) is 3. The number of hydrogen-bond acceptors (Lipinski definition) is 6. The van der Waals surface area contributed by atoms with E-state index in [4.69, 9.17) is 14.3 Å². The van der Waals surface area contributed by atoms with Crippen molar-refractivity contribution in [1.29, 1.82) is 0 Å². The van der Waals surface area contributed by atoms with Crippen LogP contribution in [0, 0.1) is 0 Å². The van der Waals surface area contributed by atoms with Crippen molar-refractivity contribution in [3.05, 3.63) is 39.8 Å². The van der Waals surface area contributed by atoms with Crippen molar-refractivity contribution in [2.45, 2.75) is 33.2 Å². The number of rotatable bonds is 2. The van der Waals surface area contributed by atoms with Gasteiger partial charge in [-0.3, -0.25) is 9.59 Å². The predicted molar refractivity (Wildman–Crippen MR) is 90.7 cm³/mol. The van der Waals surface area contributed by atoms with Gasteiger partial charge in [0.15, 0.2) is 17.3 Å². The Morgan fingerprint density at radius 3 is 2.71 bits per heavy atom. The van der Waals surface area contributed by atoms with E-state index in [2.05, 4.69) is 31.1 Å². The molecule has 126 valence electrons. The molecule has 1 atom stereocenters. The SMILES string of the molecule is CC(=O)O.CC1=C(C)C(=O)C(Cc2nc3cc(Br)ccc3o2)N=N1. The summed E-state index contributed by atoms with van der Waals surface area (Å²) in [5.41, 5.74) is 2.79. The third-order valence-corrected chi connectivity index (χ3v) is 3.82. The van der Waals surface area contributed by atoms with Gasteiger partial charge >= 0.3 is 0 Å². The predicted octanol–water partition coefficient (Wildman–Crippen LogP) is 3.92. The number of carboxylic acids is 1. The lowest BCUT2D eigenvalue weighted by Crippen LogP contribution is -2.25. The molecule has 1 aliphatic heterocycles. The lowest BCUT2D eigenvalue weighted by atomic mass is 10.0. The Bertz CT molecular complexity index is 850. The fraction of sp³-hybridized carbons (Fsp3) is 0.312. The summed E-state index contributed by atoms with van der Waals surface area (Å²) in [6, 6.07) is 5.08. The molecule has 8 heteroatoms. The molecule has 24 heavy (non-hydrogen) atoms. The highest BCUT2D eigenvalue weighted by atomic mass is 79.9. The summed E-state index contributed by atoms with van der Waals surface area (Å²) in [5.74, 6) is -0.344. The summed E-state index contributed by atoms with van der Waals surface area (Å²) in [5, 5.41) is 15.5. The standard InChI is InChI=1S/C14H12BrN3O2.C2H4O2/c1-7-8(2)17-18-11(14(7)19)6-13-16-10-5-9(15)3-4-12(10)20-13;1-2(3)4/h3-5,11H,6H2,1-2H3;1H3,(H,3,4). The van der Waals surface area contributed by atoms with E-state index in [1.165, 1.54) is 0 Å². The highest BCUT2D eigenvalue weighted by Crippen LogP contribution is 2.23. The van der Waals surface area contributed by atoms with Gasteiger partial charge < -0.3 is 9.52 Å². The second-order valence-electron chi connectivity index (χ2n) is 5.25. The summed E-state index contributed by atoms with van der Waals surface area (Å²) >= 11 is 3.39. The summed E-state index contributed by atoms with van der Waals surface area (Å²) in [7, 11) is 0. The molecule has 0 radical (unpaired) electrons. The Morgan fingerprint density at radius 2 is 2.04 bits per heavy atom. The minimum Gasteiger partial charge on any atom is -0.481 e. The zero-order valence-electron chi connectivity index (χ0n) is 13.4. The lowest BCUT2D eigenvalue weighted by Gasteiger charge is -2.13. The van der Waals surface area contributed by atoms with Crippen molar-refractivity contribution >= 4 is 38.8 Å². The van der Waals surface area contributed by atoms with Crippen LogP contribution < -0.4 is 0 Å². The van der Waals surface area contributed by atoms with Crippen LogP contribution in [0.1, 0.15) is 26.7 Å². The van der Waals surface area contributed by atoms with Gasteiger partial charge in [-0.15, -0.1) is 0 Å². The van der Waals surface area contributed by atoms with E-state index in [9.17, 15) is 4.79 Å². The van der Waals surface area contributed by atoms with Crippen LogP contribution in [0.15, 0.2) is 48.6 Å². The minimum absolute atomic E-state index is 0.0130. The molecule has 2 heterocycles. The van der Waals surface area contributed by atoms with E-state index in [1.54, 1.807) is 13.8 Å². The molecule has 1 aromatic heterocycles. The van der Waals surface area contributed by atoms with Crippen molar-refractivity contribution in [2.24, 2.45) is 10.2 Å². The first-order chi connectivity index (χ1) is 11.3. The number of carbonyl (C=O) groups excluding carboxylic acids is 1. The fourth-order valence-electron chi connectivity index (χ4n) is 2.05. The number of carbonyl (C=O) groups is 2. The first kappa shape index (κ1) is 18.0. The third kappa shape index (κ3) is 4.35. The van der Waals surface area contributed by atoms with Gasteiger partial charge in [-0.1, -0.05) is 15.9 Å². The number of oxazole rings is 1. The van der Waals surface area contributed by atoms with Crippen molar-refractivity contribution in [3.8, 4) is 0 Å².